The van der Waals surface area contributed by atoms with Gasteiger partial charge in [0.1, 0.15) is 12.4 Å². The van der Waals surface area contributed by atoms with Crippen LogP contribution in [0.25, 0.3) is 0 Å². The Hall–Kier alpha value is -1.32. The minimum Gasteiger partial charge on any atom is -0.550 e. The second-order valence-corrected chi connectivity index (χ2v) is 6.09. The molecule has 0 radical (unpaired) electrons. The van der Waals surface area contributed by atoms with Crippen LogP contribution in [-0.4, -0.2) is 10.5 Å². The van der Waals surface area contributed by atoms with Crippen molar-refractivity contribution in [2.75, 3.05) is 0 Å². The summed E-state index contributed by atoms with van der Waals surface area (Å²) in [5.74, 6) is 0.399. The second kappa shape index (κ2) is 11.3. The van der Waals surface area contributed by atoms with Crippen LogP contribution in [0, 0.1) is 0 Å². The van der Waals surface area contributed by atoms with Crippen molar-refractivity contribution in [1.82, 2.24) is 4.57 Å². The number of carbonyl (C=O) groups is 1. The molecule has 1 rings (SSSR count). The van der Waals surface area contributed by atoms with Crippen molar-refractivity contribution < 1.29 is 14.5 Å². The number of carboxylic acids is 1. The van der Waals surface area contributed by atoms with Crippen LogP contribution in [0.1, 0.15) is 77.5 Å². The van der Waals surface area contributed by atoms with Crippen molar-refractivity contribution in [2.24, 2.45) is 0 Å². The fraction of sp³-hybridized carbons (Fsp3) is 0.778. The third-order valence-corrected chi connectivity index (χ3v) is 4.13. The lowest BCUT2D eigenvalue weighted by atomic mass is 10.1. The number of imidazole rings is 1. The van der Waals surface area contributed by atoms with Crippen molar-refractivity contribution in [3.63, 3.8) is 0 Å². The number of carbonyl (C=O) groups excluding carboxylic acids is 1. The molecule has 0 aliphatic heterocycles. The van der Waals surface area contributed by atoms with Crippen LogP contribution in [-0.2, 0) is 24.3 Å². The Bertz CT molecular complexity index is 427. The molecule has 4 heteroatoms. The summed E-state index contributed by atoms with van der Waals surface area (Å²) < 4.78 is 4.58. The number of hydrogen-bond acceptors (Lipinski definition) is 2. The molecule has 0 spiro atoms. The molecule has 0 saturated heterocycles. The summed E-state index contributed by atoms with van der Waals surface area (Å²) in [6, 6.07) is 0. The molecule has 0 N–H and O–H groups in total. The third kappa shape index (κ3) is 7.10. The van der Waals surface area contributed by atoms with E-state index in [1.54, 1.807) is 0 Å². The van der Waals surface area contributed by atoms with Crippen LogP contribution < -0.4 is 9.67 Å². The first-order valence-electron chi connectivity index (χ1n) is 8.96. The van der Waals surface area contributed by atoms with Gasteiger partial charge in [-0.2, -0.15) is 0 Å². The average Bonchev–Trinajstić information content (AvgIpc) is 2.87. The van der Waals surface area contributed by atoms with Crippen LogP contribution in [0.5, 0.6) is 0 Å². The largest absolute Gasteiger partial charge is 0.550 e. The molecule has 1 heterocycles. The molecule has 126 valence electrons. The number of rotatable bonds is 13. The Kier molecular flexibility index (Phi) is 9.60. The molecule has 0 amide bonds. The van der Waals surface area contributed by atoms with Gasteiger partial charge in [0.15, 0.2) is 0 Å². The van der Waals surface area contributed by atoms with Gasteiger partial charge in [0.05, 0.1) is 13.1 Å². The topological polar surface area (TPSA) is 48.9 Å². The summed E-state index contributed by atoms with van der Waals surface area (Å²) in [7, 11) is 0. The van der Waals surface area contributed by atoms with Gasteiger partial charge >= 0.3 is 0 Å². The number of hydrogen-bond donors (Lipinski definition) is 0. The number of aliphatic carboxylic acids is 1. The molecule has 0 atom stereocenters. The zero-order valence-corrected chi connectivity index (χ0v) is 14.4. The lowest BCUT2D eigenvalue weighted by molar-refractivity contribution is -0.704. The van der Waals surface area contributed by atoms with Crippen LogP contribution >= 0.6 is 0 Å². The summed E-state index contributed by atoms with van der Waals surface area (Å²) in [6.45, 7) is 6.29. The van der Waals surface area contributed by atoms with Gasteiger partial charge < -0.3 is 9.90 Å². The Morgan fingerprint density at radius 3 is 2.50 bits per heavy atom. The molecule has 0 fully saturated rings. The van der Waals surface area contributed by atoms with Crippen LogP contribution in [0.15, 0.2) is 12.4 Å². The highest BCUT2D eigenvalue weighted by Crippen LogP contribution is 2.09. The molecule has 0 bridgehead atoms. The highest BCUT2D eigenvalue weighted by atomic mass is 16.4. The molecular weight excluding hydrogens is 276 g/mol. The van der Waals surface area contributed by atoms with Crippen LogP contribution in [0.2, 0.25) is 0 Å². The first-order valence-corrected chi connectivity index (χ1v) is 8.96. The number of carboxylic acid groups (broad SMARTS) is 1. The summed E-state index contributed by atoms with van der Waals surface area (Å²) in [5, 5.41) is 10.6. The van der Waals surface area contributed by atoms with Gasteiger partial charge in [-0.15, -0.1) is 0 Å². The van der Waals surface area contributed by atoms with Gasteiger partial charge in [0.25, 0.3) is 5.82 Å². The van der Waals surface area contributed by atoms with Gasteiger partial charge in [-0.3, -0.25) is 0 Å². The molecule has 1 aromatic heterocycles. The predicted octanol–water partition coefficient (Wildman–Crippen LogP) is 2.62. The highest BCUT2D eigenvalue weighted by molar-refractivity contribution is 5.63. The van der Waals surface area contributed by atoms with Gasteiger partial charge in [-0.25, -0.2) is 9.13 Å². The molecule has 22 heavy (non-hydrogen) atoms. The molecule has 0 aliphatic rings. The molecule has 4 nitrogen and oxygen atoms in total. The quantitative estimate of drug-likeness (QED) is 0.415. The number of aromatic nitrogens is 2. The fourth-order valence-electron chi connectivity index (χ4n) is 2.80. The van der Waals surface area contributed by atoms with Crippen molar-refractivity contribution in [2.45, 2.75) is 91.1 Å². The van der Waals surface area contributed by atoms with E-state index >= 15 is 0 Å². The van der Waals surface area contributed by atoms with E-state index in [1.807, 2.05) is 0 Å². The monoisotopic (exact) mass is 308 g/mol. The van der Waals surface area contributed by atoms with E-state index in [0.717, 1.165) is 19.5 Å². The van der Waals surface area contributed by atoms with Crippen molar-refractivity contribution in [3.05, 3.63) is 18.2 Å². The van der Waals surface area contributed by atoms with E-state index in [-0.39, 0.29) is 6.42 Å². The lowest BCUT2D eigenvalue weighted by Crippen LogP contribution is -2.38. The second-order valence-electron chi connectivity index (χ2n) is 6.09. The van der Waals surface area contributed by atoms with E-state index < -0.39 is 5.97 Å². The van der Waals surface area contributed by atoms with Crippen LogP contribution in [0.4, 0.5) is 0 Å². The Balaban J connectivity index is 2.57. The molecular formula is C18H32N2O2. The fourth-order valence-corrected chi connectivity index (χ4v) is 2.80. The highest BCUT2D eigenvalue weighted by Gasteiger charge is 2.16. The molecule has 0 saturated carbocycles. The van der Waals surface area contributed by atoms with Gasteiger partial charge in [-0.1, -0.05) is 46.0 Å². The van der Waals surface area contributed by atoms with Crippen molar-refractivity contribution in [1.29, 1.82) is 0 Å². The zero-order valence-electron chi connectivity index (χ0n) is 14.4. The van der Waals surface area contributed by atoms with E-state index in [4.69, 9.17) is 0 Å². The van der Waals surface area contributed by atoms with E-state index in [1.165, 1.54) is 50.8 Å². The number of aryl methyl sites for hydroxylation is 2. The molecule has 1 aromatic rings. The standard InChI is InChI=1S/C18H32N2O2/c1-3-5-7-8-9-11-17-19(13-6-4-2)15-16-20(17)14-10-12-18(21)22/h15-16H,3-14H2,1-2H3. The Morgan fingerprint density at radius 2 is 1.82 bits per heavy atom. The first kappa shape index (κ1) is 18.7. The van der Waals surface area contributed by atoms with Crippen molar-refractivity contribution >= 4 is 5.97 Å². The number of nitrogens with zero attached hydrogens (tertiary/aromatic N) is 2. The van der Waals surface area contributed by atoms with Crippen LogP contribution in [0.3, 0.4) is 0 Å². The first-order chi connectivity index (χ1) is 10.7. The molecule has 0 aromatic carbocycles. The summed E-state index contributed by atoms with van der Waals surface area (Å²) in [6.07, 6.45) is 14.9. The average molecular weight is 308 g/mol. The van der Waals surface area contributed by atoms with Crippen molar-refractivity contribution in [3.8, 4) is 0 Å². The van der Waals surface area contributed by atoms with Gasteiger partial charge in [0.2, 0.25) is 0 Å². The lowest BCUT2D eigenvalue weighted by Gasteiger charge is -2.06. The van der Waals surface area contributed by atoms with E-state index in [0.29, 0.717) is 6.42 Å². The maximum absolute atomic E-state index is 10.6. The normalized spacial score (nSPS) is 11.0. The minimum absolute atomic E-state index is 0.142. The van der Waals surface area contributed by atoms with Gasteiger partial charge in [0, 0.05) is 12.4 Å². The summed E-state index contributed by atoms with van der Waals surface area (Å²) >= 11 is 0. The maximum atomic E-state index is 10.6. The zero-order chi connectivity index (χ0) is 16.2. The Morgan fingerprint density at radius 1 is 1.09 bits per heavy atom. The van der Waals surface area contributed by atoms with E-state index in [2.05, 4.69) is 35.4 Å². The molecule has 0 unspecified atom stereocenters. The predicted molar refractivity (Wildman–Crippen MR) is 86.2 cm³/mol. The summed E-state index contributed by atoms with van der Waals surface area (Å²) in [5.41, 5.74) is 0. The van der Waals surface area contributed by atoms with E-state index in [9.17, 15) is 9.90 Å². The third-order valence-electron chi connectivity index (χ3n) is 4.13. The minimum atomic E-state index is -0.952. The number of unbranched alkanes of at least 4 members (excludes halogenated alkanes) is 5. The smallest absolute Gasteiger partial charge is 0.256 e. The van der Waals surface area contributed by atoms with Gasteiger partial charge in [-0.05, 0) is 25.7 Å². The maximum Gasteiger partial charge on any atom is 0.256 e. The summed E-state index contributed by atoms with van der Waals surface area (Å²) in [4.78, 5) is 10.6. The molecule has 0 aliphatic carbocycles. The Labute approximate surface area is 135 Å². The SMILES string of the molecule is CCCCCCCc1n(CCCC)cc[n+]1CCCC(=O)[O-].